The number of fused-ring (bicyclic) bond motifs is 1. The lowest BCUT2D eigenvalue weighted by molar-refractivity contribution is 0.0526. The number of aryl methyl sites for hydroxylation is 2. The Bertz CT molecular complexity index is 1490. The van der Waals surface area contributed by atoms with Crippen molar-refractivity contribution in [3.05, 3.63) is 106 Å². The van der Waals surface area contributed by atoms with Gasteiger partial charge in [-0.05, 0) is 62.7 Å². The van der Waals surface area contributed by atoms with E-state index < -0.39 is 16.0 Å². The summed E-state index contributed by atoms with van der Waals surface area (Å²) in [6, 6.07) is 18.3. The normalized spacial score (nSPS) is 14.3. The van der Waals surface area contributed by atoms with Gasteiger partial charge in [0.25, 0.3) is 10.0 Å². The summed E-state index contributed by atoms with van der Waals surface area (Å²) in [5, 5.41) is 3.03. The Hall–Kier alpha value is -4.04. The molecule has 0 fully saturated rings. The number of Topliss-reactive ketones (excluding diaryl/α,β-unsaturated/α-hetero) is 1. The van der Waals surface area contributed by atoms with Crippen LogP contribution in [0, 0.1) is 13.8 Å². The second-order valence-corrected chi connectivity index (χ2v) is 9.65. The predicted octanol–water partition coefficient (Wildman–Crippen LogP) is 4.85. The lowest BCUT2D eigenvalue weighted by atomic mass is 9.92. The number of allylic oxidation sites excluding steroid dienone is 2. The van der Waals surface area contributed by atoms with Gasteiger partial charge in [0.1, 0.15) is 0 Å². The molecule has 7 nitrogen and oxygen atoms in total. The van der Waals surface area contributed by atoms with Crippen LogP contribution in [0.25, 0.3) is 0 Å². The molecule has 1 N–H and O–H groups in total. The molecule has 178 valence electrons. The molecule has 0 heterocycles. The number of sulfonamides is 1. The smallest absolute Gasteiger partial charge is 0.338 e. The standard InChI is InChI=1S/C27H24N2O5S/c1-4-34-27(31)19-10-12-20(13-11-19)28-24-16-23(21-7-5-6-8-22(21)26(24)30)29-35(32,33)25-14-9-17(2)15-18(25)3/h5-16,28H,4H2,1-3H3/b29-23+. The molecule has 1 aliphatic carbocycles. The Kier molecular flexibility index (Phi) is 6.66. The first kappa shape index (κ1) is 24.1. The van der Waals surface area contributed by atoms with E-state index in [-0.39, 0.29) is 28.7 Å². The summed E-state index contributed by atoms with van der Waals surface area (Å²) < 4.78 is 35.5. The third-order valence-corrected chi connectivity index (χ3v) is 6.93. The van der Waals surface area contributed by atoms with Crippen molar-refractivity contribution < 1.29 is 22.7 Å². The van der Waals surface area contributed by atoms with Crippen molar-refractivity contribution in [3.8, 4) is 0 Å². The maximum atomic E-state index is 13.2. The lowest BCUT2D eigenvalue weighted by Gasteiger charge is -2.19. The molecule has 4 rings (SSSR count). The van der Waals surface area contributed by atoms with Gasteiger partial charge in [-0.3, -0.25) is 4.79 Å². The summed E-state index contributed by atoms with van der Waals surface area (Å²) in [6.07, 6.45) is 1.44. The minimum absolute atomic E-state index is 0.113. The highest BCUT2D eigenvalue weighted by Gasteiger charge is 2.26. The summed E-state index contributed by atoms with van der Waals surface area (Å²) in [5.41, 5.74) is 3.58. The van der Waals surface area contributed by atoms with E-state index in [1.165, 1.54) is 12.1 Å². The van der Waals surface area contributed by atoms with Crippen LogP contribution in [0.3, 0.4) is 0 Å². The minimum Gasteiger partial charge on any atom is -0.462 e. The van der Waals surface area contributed by atoms with Gasteiger partial charge in [-0.25, -0.2) is 4.79 Å². The van der Waals surface area contributed by atoms with Crippen LogP contribution < -0.4 is 5.32 Å². The van der Waals surface area contributed by atoms with E-state index in [0.29, 0.717) is 27.9 Å². The van der Waals surface area contributed by atoms with Crippen LogP contribution in [0.2, 0.25) is 0 Å². The Morgan fingerprint density at radius 2 is 1.66 bits per heavy atom. The first-order chi connectivity index (χ1) is 16.7. The monoisotopic (exact) mass is 488 g/mol. The largest absolute Gasteiger partial charge is 0.462 e. The molecule has 1 aliphatic rings. The number of nitrogens with one attached hydrogen (secondary N) is 1. The SMILES string of the molecule is CCOC(=O)c1ccc(NC2=C/C(=N\S(=O)(=O)c3ccc(C)cc3C)c3ccccc3C2=O)cc1. The average molecular weight is 489 g/mol. The van der Waals surface area contributed by atoms with E-state index in [4.69, 9.17) is 4.74 Å². The lowest BCUT2D eigenvalue weighted by Crippen LogP contribution is -2.22. The van der Waals surface area contributed by atoms with Gasteiger partial charge in [0.15, 0.2) is 0 Å². The molecule has 0 saturated carbocycles. The molecule has 35 heavy (non-hydrogen) atoms. The number of carbonyl (C=O) groups excluding carboxylic acids is 2. The number of hydrogen-bond acceptors (Lipinski definition) is 6. The van der Waals surface area contributed by atoms with Gasteiger partial charge >= 0.3 is 5.97 Å². The molecule has 0 bridgehead atoms. The molecule has 0 amide bonds. The van der Waals surface area contributed by atoms with Crippen molar-refractivity contribution in [3.63, 3.8) is 0 Å². The fraction of sp³-hybridized carbons (Fsp3) is 0.148. The van der Waals surface area contributed by atoms with Gasteiger partial charge in [0.2, 0.25) is 5.78 Å². The molecule has 0 saturated heterocycles. The zero-order valence-electron chi connectivity index (χ0n) is 19.5. The number of carbonyl (C=O) groups is 2. The van der Waals surface area contributed by atoms with Crippen LogP contribution >= 0.6 is 0 Å². The first-order valence-electron chi connectivity index (χ1n) is 11.0. The highest BCUT2D eigenvalue weighted by Crippen LogP contribution is 2.26. The molecule has 8 heteroatoms. The number of benzene rings is 3. The Balaban J connectivity index is 1.73. The van der Waals surface area contributed by atoms with Crippen molar-refractivity contribution in [1.82, 2.24) is 0 Å². The second-order valence-electron chi connectivity index (χ2n) is 8.08. The minimum atomic E-state index is -4.03. The molecule has 0 radical (unpaired) electrons. The summed E-state index contributed by atoms with van der Waals surface area (Å²) in [7, 11) is -4.03. The Labute approximate surface area is 204 Å². The zero-order chi connectivity index (χ0) is 25.2. The fourth-order valence-corrected chi connectivity index (χ4v) is 5.04. The summed E-state index contributed by atoms with van der Waals surface area (Å²) in [6.45, 7) is 5.61. The maximum absolute atomic E-state index is 13.2. The third-order valence-electron chi connectivity index (χ3n) is 5.48. The molecular formula is C27H24N2O5S. The molecule has 0 aliphatic heterocycles. The fourth-order valence-electron chi connectivity index (χ4n) is 3.82. The summed E-state index contributed by atoms with van der Waals surface area (Å²) >= 11 is 0. The number of hydrogen-bond donors (Lipinski definition) is 1. The third kappa shape index (κ3) is 5.07. The number of nitrogens with zero attached hydrogens (tertiary/aromatic N) is 1. The van der Waals surface area contributed by atoms with Crippen LogP contribution in [0.15, 0.2) is 87.8 Å². The number of rotatable bonds is 6. The predicted molar refractivity (Wildman–Crippen MR) is 135 cm³/mol. The zero-order valence-corrected chi connectivity index (χ0v) is 20.3. The molecule has 0 atom stereocenters. The van der Waals surface area contributed by atoms with E-state index in [2.05, 4.69) is 9.71 Å². The van der Waals surface area contributed by atoms with Crippen LogP contribution in [0.5, 0.6) is 0 Å². The van der Waals surface area contributed by atoms with E-state index in [0.717, 1.165) is 5.56 Å². The Morgan fingerprint density at radius 3 is 2.31 bits per heavy atom. The molecule has 0 aromatic heterocycles. The van der Waals surface area contributed by atoms with Crippen LogP contribution in [0.1, 0.15) is 44.3 Å². The van der Waals surface area contributed by atoms with Crippen molar-refractivity contribution in [1.29, 1.82) is 0 Å². The van der Waals surface area contributed by atoms with Crippen molar-refractivity contribution in [2.24, 2.45) is 4.40 Å². The van der Waals surface area contributed by atoms with Gasteiger partial charge < -0.3 is 10.1 Å². The number of ether oxygens (including phenoxy) is 1. The van der Waals surface area contributed by atoms with Gasteiger partial charge in [-0.2, -0.15) is 12.8 Å². The molecule has 3 aromatic carbocycles. The highest BCUT2D eigenvalue weighted by molar-refractivity contribution is 7.90. The van der Waals surface area contributed by atoms with Crippen LogP contribution in [-0.2, 0) is 14.8 Å². The van der Waals surface area contributed by atoms with Crippen molar-refractivity contribution >= 4 is 33.2 Å². The molecule has 0 spiro atoms. The summed E-state index contributed by atoms with van der Waals surface area (Å²) in [5.74, 6) is -0.732. The van der Waals surface area contributed by atoms with Crippen LogP contribution in [-0.4, -0.2) is 32.5 Å². The highest BCUT2D eigenvalue weighted by atomic mass is 32.2. The molecule has 0 unspecified atom stereocenters. The second kappa shape index (κ2) is 9.68. The van der Waals surface area contributed by atoms with Crippen molar-refractivity contribution in [2.45, 2.75) is 25.7 Å². The molecular weight excluding hydrogens is 464 g/mol. The topological polar surface area (TPSA) is 102 Å². The van der Waals surface area contributed by atoms with Gasteiger partial charge in [-0.15, -0.1) is 0 Å². The van der Waals surface area contributed by atoms with E-state index in [1.807, 2.05) is 6.92 Å². The van der Waals surface area contributed by atoms with Gasteiger partial charge in [0, 0.05) is 16.8 Å². The Morgan fingerprint density at radius 1 is 0.971 bits per heavy atom. The van der Waals surface area contributed by atoms with E-state index >= 15 is 0 Å². The number of ketones is 1. The van der Waals surface area contributed by atoms with E-state index in [1.54, 1.807) is 74.5 Å². The first-order valence-corrected chi connectivity index (χ1v) is 12.5. The maximum Gasteiger partial charge on any atom is 0.338 e. The quantitative estimate of drug-likeness (QED) is 0.498. The number of anilines is 1. The van der Waals surface area contributed by atoms with Crippen molar-refractivity contribution in [2.75, 3.05) is 11.9 Å². The average Bonchev–Trinajstić information content (AvgIpc) is 2.82. The van der Waals surface area contributed by atoms with E-state index in [9.17, 15) is 18.0 Å². The number of esters is 1. The van der Waals surface area contributed by atoms with Gasteiger partial charge in [-0.1, -0.05) is 42.0 Å². The van der Waals surface area contributed by atoms with Gasteiger partial charge in [0.05, 0.1) is 28.5 Å². The molecule has 3 aromatic rings. The summed E-state index contributed by atoms with van der Waals surface area (Å²) in [4.78, 5) is 25.1. The van der Waals surface area contributed by atoms with Crippen LogP contribution in [0.4, 0.5) is 5.69 Å².